The number of hydrogen-bond acceptors (Lipinski definition) is 4. The minimum Gasteiger partial charge on any atom is -0.481 e. The molecule has 0 spiro atoms. The summed E-state index contributed by atoms with van der Waals surface area (Å²) in [5.74, 6) is -1.02. The molecule has 0 aliphatic carbocycles. The van der Waals surface area contributed by atoms with Gasteiger partial charge < -0.3 is 10.0 Å². The Labute approximate surface area is 121 Å². The fourth-order valence-electron chi connectivity index (χ4n) is 2.59. The third-order valence-corrected chi connectivity index (χ3v) is 3.99. The number of aliphatic carboxylic acids is 1. The summed E-state index contributed by atoms with van der Waals surface area (Å²) < 4.78 is 0. The molecule has 21 heavy (non-hydrogen) atoms. The highest BCUT2D eigenvalue weighted by Crippen LogP contribution is 2.31. The van der Waals surface area contributed by atoms with E-state index in [-0.39, 0.29) is 12.5 Å². The maximum Gasteiger partial charge on any atom is 0.311 e. The van der Waals surface area contributed by atoms with Gasteiger partial charge in [-0.2, -0.15) is 0 Å². The summed E-state index contributed by atoms with van der Waals surface area (Å²) in [7, 11) is 0. The number of hydrogen-bond donors (Lipinski definition) is 1. The van der Waals surface area contributed by atoms with E-state index in [1.807, 2.05) is 0 Å². The zero-order valence-electron chi connectivity index (χ0n) is 11.6. The van der Waals surface area contributed by atoms with Crippen LogP contribution in [0.15, 0.2) is 30.6 Å². The number of amides is 1. The predicted octanol–water partition coefficient (Wildman–Crippen LogP) is 1.57. The molecule has 2 heterocycles. The minimum absolute atomic E-state index is 0.160. The molecule has 3 rings (SSSR count). The van der Waals surface area contributed by atoms with Crippen molar-refractivity contribution in [1.29, 1.82) is 0 Å². The Kier molecular flexibility index (Phi) is 3.08. The molecule has 0 saturated carbocycles. The first-order chi connectivity index (χ1) is 9.99. The first-order valence-electron chi connectivity index (χ1n) is 6.73. The van der Waals surface area contributed by atoms with Crippen LogP contribution >= 0.6 is 0 Å². The number of carboxylic acids is 1. The zero-order valence-corrected chi connectivity index (χ0v) is 11.6. The van der Waals surface area contributed by atoms with E-state index in [9.17, 15) is 14.7 Å². The van der Waals surface area contributed by atoms with Crippen molar-refractivity contribution in [2.45, 2.75) is 13.3 Å². The van der Waals surface area contributed by atoms with Gasteiger partial charge >= 0.3 is 5.97 Å². The van der Waals surface area contributed by atoms with Gasteiger partial charge in [-0.3, -0.25) is 19.6 Å². The van der Waals surface area contributed by atoms with E-state index in [1.54, 1.807) is 42.4 Å². The largest absolute Gasteiger partial charge is 0.481 e. The predicted molar refractivity (Wildman–Crippen MR) is 75.8 cm³/mol. The first-order valence-corrected chi connectivity index (χ1v) is 6.73. The molecule has 6 heteroatoms. The van der Waals surface area contributed by atoms with Crippen molar-refractivity contribution >= 4 is 22.9 Å². The fourth-order valence-corrected chi connectivity index (χ4v) is 2.59. The molecule has 6 nitrogen and oxygen atoms in total. The maximum absolute atomic E-state index is 12.5. The van der Waals surface area contributed by atoms with Crippen molar-refractivity contribution < 1.29 is 14.7 Å². The lowest BCUT2D eigenvalue weighted by Crippen LogP contribution is -2.34. The van der Waals surface area contributed by atoms with Gasteiger partial charge in [0.15, 0.2) is 0 Å². The van der Waals surface area contributed by atoms with Crippen molar-refractivity contribution in [3.63, 3.8) is 0 Å². The summed E-state index contributed by atoms with van der Waals surface area (Å²) in [6, 6.07) is 5.15. The minimum atomic E-state index is -0.859. The Bertz CT molecular complexity index is 731. The van der Waals surface area contributed by atoms with Gasteiger partial charge in [-0.25, -0.2) is 0 Å². The Hall–Kier alpha value is -2.50. The van der Waals surface area contributed by atoms with Crippen LogP contribution in [0.2, 0.25) is 0 Å². The van der Waals surface area contributed by atoms with E-state index >= 15 is 0 Å². The van der Waals surface area contributed by atoms with Gasteiger partial charge in [-0.15, -0.1) is 0 Å². The molecule has 1 amide bonds. The van der Waals surface area contributed by atoms with Gasteiger partial charge in [0.2, 0.25) is 0 Å². The summed E-state index contributed by atoms with van der Waals surface area (Å²) >= 11 is 0. The van der Waals surface area contributed by atoms with Crippen molar-refractivity contribution in [3.05, 3.63) is 36.2 Å². The van der Waals surface area contributed by atoms with E-state index in [0.717, 1.165) is 5.52 Å². The van der Waals surface area contributed by atoms with Gasteiger partial charge in [0.05, 0.1) is 16.4 Å². The van der Waals surface area contributed by atoms with Crippen LogP contribution in [0.5, 0.6) is 0 Å². The molecule has 1 aromatic carbocycles. The summed E-state index contributed by atoms with van der Waals surface area (Å²) in [4.78, 5) is 33.7. The summed E-state index contributed by atoms with van der Waals surface area (Å²) in [5.41, 5.74) is 1.04. The van der Waals surface area contributed by atoms with Gasteiger partial charge in [-0.1, -0.05) is 0 Å². The number of aromatic nitrogens is 2. The molecule has 1 aliphatic heterocycles. The van der Waals surface area contributed by atoms with Crippen LogP contribution in [-0.2, 0) is 4.79 Å². The van der Waals surface area contributed by atoms with Crippen LogP contribution in [0, 0.1) is 5.41 Å². The normalized spacial score (nSPS) is 21.7. The number of benzene rings is 1. The average molecular weight is 285 g/mol. The molecule has 1 unspecified atom stereocenters. The second kappa shape index (κ2) is 4.80. The van der Waals surface area contributed by atoms with Crippen LogP contribution < -0.4 is 0 Å². The third kappa shape index (κ3) is 2.33. The number of likely N-dealkylation sites (tertiary alicyclic amines) is 1. The van der Waals surface area contributed by atoms with E-state index in [0.29, 0.717) is 24.0 Å². The van der Waals surface area contributed by atoms with Crippen molar-refractivity contribution in [2.24, 2.45) is 5.41 Å². The summed E-state index contributed by atoms with van der Waals surface area (Å²) in [6.45, 7) is 2.37. The number of carbonyl (C=O) groups excluding carboxylic acids is 1. The topological polar surface area (TPSA) is 83.4 Å². The van der Waals surface area contributed by atoms with E-state index in [1.165, 1.54) is 0 Å². The van der Waals surface area contributed by atoms with Crippen LogP contribution in [0.3, 0.4) is 0 Å². The van der Waals surface area contributed by atoms with E-state index in [2.05, 4.69) is 9.97 Å². The average Bonchev–Trinajstić information content (AvgIpc) is 2.90. The summed E-state index contributed by atoms with van der Waals surface area (Å²) in [5, 5.41) is 9.23. The highest BCUT2D eigenvalue weighted by Gasteiger charge is 2.42. The van der Waals surface area contributed by atoms with Crippen molar-refractivity contribution in [2.75, 3.05) is 13.1 Å². The van der Waals surface area contributed by atoms with E-state index in [4.69, 9.17) is 0 Å². The molecule has 1 N–H and O–H groups in total. The molecule has 1 aliphatic rings. The third-order valence-electron chi connectivity index (χ3n) is 3.99. The Morgan fingerprint density at radius 2 is 1.95 bits per heavy atom. The lowest BCUT2D eigenvalue weighted by Gasteiger charge is -2.20. The van der Waals surface area contributed by atoms with Crippen LogP contribution in [0.25, 0.3) is 11.0 Å². The quantitative estimate of drug-likeness (QED) is 0.905. The van der Waals surface area contributed by atoms with Gasteiger partial charge in [0.25, 0.3) is 5.91 Å². The lowest BCUT2D eigenvalue weighted by molar-refractivity contribution is -0.147. The molecular formula is C15H15N3O3. The van der Waals surface area contributed by atoms with Crippen LogP contribution in [0.1, 0.15) is 23.7 Å². The number of carbonyl (C=O) groups is 2. The molecular weight excluding hydrogens is 270 g/mol. The monoisotopic (exact) mass is 285 g/mol. The molecule has 1 aromatic heterocycles. The van der Waals surface area contributed by atoms with Gasteiger partial charge in [-0.05, 0) is 31.5 Å². The fraction of sp³-hybridized carbons (Fsp3) is 0.333. The number of rotatable bonds is 2. The van der Waals surface area contributed by atoms with E-state index < -0.39 is 11.4 Å². The second-order valence-corrected chi connectivity index (χ2v) is 5.60. The standard InChI is InChI=1S/C15H15N3O3/c1-15(14(20)21)4-7-18(9-15)13(19)10-2-3-11-12(8-10)17-6-5-16-11/h2-3,5-6,8H,4,7,9H2,1H3,(H,20,21). The molecule has 108 valence electrons. The van der Waals surface area contributed by atoms with Gasteiger partial charge in [0.1, 0.15) is 0 Å². The Morgan fingerprint density at radius 3 is 2.62 bits per heavy atom. The summed E-state index contributed by atoms with van der Waals surface area (Å²) in [6.07, 6.45) is 3.65. The molecule has 1 saturated heterocycles. The number of nitrogens with zero attached hydrogens (tertiary/aromatic N) is 3. The van der Waals surface area contributed by atoms with Gasteiger partial charge in [0, 0.05) is 31.0 Å². The number of fused-ring (bicyclic) bond motifs is 1. The first kappa shape index (κ1) is 13.5. The molecule has 1 atom stereocenters. The molecule has 0 radical (unpaired) electrons. The highest BCUT2D eigenvalue weighted by molar-refractivity contribution is 5.97. The van der Waals surface area contributed by atoms with Crippen LogP contribution in [0.4, 0.5) is 0 Å². The zero-order chi connectivity index (χ0) is 15.0. The van der Waals surface area contributed by atoms with Crippen molar-refractivity contribution in [3.8, 4) is 0 Å². The molecule has 2 aromatic rings. The Morgan fingerprint density at radius 1 is 1.24 bits per heavy atom. The second-order valence-electron chi connectivity index (χ2n) is 5.60. The highest BCUT2D eigenvalue weighted by atomic mass is 16.4. The van der Waals surface area contributed by atoms with Crippen LogP contribution in [-0.4, -0.2) is 44.9 Å². The SMILES string of the molecule is CC1(C(=O)O)CCN(C(=O)c2ccc3nccnc3c2)C1. The lowest BCUT2D eigenvalue weighted by atomic mass is 9.90. The molecule has 0 bridgehead atoms. The smallest absolute Gasteiger partial charge is 0.311 e. The maximum atomic E-state index is 12.5. The Balaban J connectivity index is 1.86. The number of carboxylic acid groups (broad SMARTS) is 1. The molecule has 1 fully saturated rings. The van der Waals surface area contributed by atoms with Crippen molar-refractivity contribution in [1.82, 2.24) is 14.9 Å².